The van der Waals surface area contributed by atoms with Crippen LogP contribution < -0.4 is 10.6 Å². The summed E-state index contributed by atoms with van der Waals surface area (Å²) in [5.41, 5.74) is 1.70. The molecule has 0 aromatic heterocycles. The highest BCUT2D eigenvalue weighted by molar-refractivity contribution is 7.80. The SMILES string of the molecule is Cc1cccc(C)c1NC(=O)C(c1cccc(O)c1)N(CC#N)C(=O)C(CS)NC(=O)OC(C)(C)C. The van der Waals surface area contributed by atoms with E-state index >= 15 is 0 Å². The first-order valence-electron chi connectivity index (χ1n) is 11.3. The number of benzene rings is 2. The largest absolute Gasteiger partial charge is 0.508 e. The summed E-state index contributed by atoms with van der Waals surface area (Å²) in [6.07, 6.45) is -0.833. The fourth-order valence-corrected chi connectivity index (χ4v) is 3.83. The van der Waals surface area contributed by atoms with E-state index in [1.54, 1.807) is 26.8 Å². The van der Waals surface area contributed by atoms with E-state index in [1.807, 2.05) is 38.1 Å². The number of aromatic hydroxyl groups is 1. The van der Waals surface area contributed by atoms with Crippen LogP contribution in [-0.2, 0) is 14.3 Å². The Morgan fingerprint density at radius 3 is 2.28 bits per heavy atom. The fraction of sp³-hybridized carbons (Fsp3) is 0.385. The van der Waals surface area contributed by atoms with Crippen LogP contribution in [0.25, 0.3) is 0 Å². The molecule has 0 radical (unpaired) electrons. The predicted octanol–water partition coefficient (Wildman–Crippen LogP) is 3.86. The van der Waals surface area contributed by atoms with Gasteiger partial charge in [-0.25, -0.2) is 4.79 Å². The van der Waals surface area contributed by atoms with Crippen LogP contribution in [0.2, 0.25) is 0 Å². The van der Waals surface area contributed by atoms with Crippen LogP contribution in [0.3, 0.4) is 0 Å². The van der Waals surface area contributed by atoms with Gasteiger partial charge in [0.15, 0.2) is 0 Å². The van der Waals surface area contributed by atoms with Crippen molar-refractivity contribution in [1.29, 1.82) is 5.26 Å². The number of thiol groups is 1. The molecule has 2 aromatic carbocycles. The van der Waals surface area contributed by atoms with Crippen molar-refractivity contribution in [2.45, 2.75) is 52.3 Å². The molecule has 0 saturated carbocycles. The van der Waals surface area contributed by atoms with E-state index in [0.717, 1.165) is 16.0 Å². The Bertz CT molecular complexity index is 1140. The quantitative estimate of drug-likeness (QED) is 0.314. The lowest BCUT2D eigenvalue weighted by Crippen LogP contribution is -2.53. The number of nitriles is 1. The summed E-state index contributed by atoms with van der Waals surface area (Å²) in [6.45, 7) is 8.27. The summed E-state index contributed by atoms with van der Waals surface area (Å²) in [4.78, 5) is 40.6. The Morgan fingerprint density at radius 1 is 1.14 bits per heavy atom. The van der Waals surface area contributed by atoms with Gasteiger partial charge in [0.2, 0.25) is 5.91 Å². The lowest BCUT2D eigenvalue weighted by atomic mass is 10.0. The van der Waals surface area contributed by atoms with Crippen molar-refractivity contribution in [2.24, 2.45) is 0 Å². The molecule has 0 spiro atoms. The molecule has 2 aromatic rings. The number of rotatable bonds is 8. The highest BCUT2D eigenvalue weighted by Gasteiger charge is 2.36. The minimum Gasteiger partial charge on any atom is -0.508 e. The molecular weight excluding hydrogens is 480 g/mol. The number of anilines is 1. The summed E-state index contributed by atoms with van der Waals surface area (Å²) in [6, 6.07) is 10.9. The standard InChI is InChI=1S/C26H32N4O5S/c1-16-8-6-9-17(2)21(16)29-23(32)22(18-10-7-11-19(31)14-18)30(13-12-27)24(33)20(15-36)28-25(34)35-26(3,4)5/h6-11,14,20,22,31,36H,13,15H2,1-5H3,(H,28,34)(H,29,32). The van der Waals surface area contributed by atoms with Gasteiger partial charge >= 0.3 is 6.09 Å². The molecule has 2 rings (SSSR count). The van der Waals surface area contributed by atoms with E-state index in [-0.39, 0.29) is 17.1 Å². The normalized spacial score (nSPS) is 12.6. The maximum absolute atomic E-state index is 13.6. The Morgan fingerprint density at radius 2 is 1.75 bits per heavy atom. The minimum absolute atomic E-state index is 0.106. The zero-order valence-corrected chi connectivity index (χ0v) is 21.9. The molecule has 36 heavy (non-hydrogen) atoms. The molecule has 0 bridgehead atoms. The molecule has 192 valence electrons. The van der Waals surface area contributed by atoms with E-state index in [1.165, 1.54) is 18.2 Å². The number of aryl methyl sites for hydroxylation is 2. The van der Waals surface area contributed by atoms with Crippen LogP contribution in [0.5, 0.6) is 5.75 Å². The van der Waals surface area contributed by atoms with E-state index in [4.69, 9.17) is 4.74 Å². The van der Waals surface area contributed by atoms with Crippen molar-refractivity contribution in [3.05, 3.63) is 59.2 Å². The maximum atomic E-state index is 13.6. The molecule has 2 unspecified atom stereocenters. The topological polar surface area (TPSA) is 132 Å². The van der Waals surface area contributed by atoms with Crippen LogP contribution >= 0.6 is 12.6 Å². The van der Waals surface area contributed by atoms with Crippen LogP contribution in [0.1, 0.15) is 43.5 Å². The van der Waals surface area contributed by atoms with Crippen LogP contribution in [-0.4, -0.2) is 51.9 Å². The van der Waals surface area contributed by atoms with Gasteiger partial charge in [-0.3, -0.25) is 9.59 Å². The Labute approximate surface area is 216 Å². The molecule has 9 nitrogen and oxygen atoms in total. The maximum Gasteiger partial charge on any atom is 0.408 e. The van der Waals surface area contributed by atoms with Gasteiger partial charge in [0.05, 0.1) is 6.07 Å². The Hall–Kier alpha value is -3.71. The average Bonchev–Trinajstić information content (AvgIpc) is 2.78. The average molecular weight is 513 g/mol. The van der Waals surface area contributed by atoms with Gasteiger partial charge in [-0.1, -0.05) is 30.3 Å². The predicted molar refractivity (Wildman–Crippen MR) is 140 cm³/mol. The third-order valence-electron chi connectivity index (χ3n) is 5.17. The number of nitrogens with zero attached hydrogens (tertiary/aromatic N) is 2. The third-order valence-corrected chi connectivity index (χ3v) is 5.54. The number of nitrogens with one attached hydrogen (secondary N) is 2. The highest BCUT2D eigenvalue weighted by atomic mass is 32.1. The zero-order valence-electron chi connectivity index (χ0n) is 21.0. The number of ether oxygens (including phenoxy) is 1. The number of carbonyl (C=O) groups excluding carboxylic acids is 3. The number of phenolic OH excluding ortho intramolecular Hbond substituents is 1. The van der Waals surface area contributed by atoms with Crippen LogP contribution in [0.4, 0.5) is 10.5 Å². The second-order valence-corrected chi connectivity index (χ2v) is 9.62. The van der Waals surface area contributed by atoms with Crippen molar-refractivity contribution in [3.63, 3.8) is 0 Å². The number of hydrogen-bond acceptors (Lipinski definition) is 7. The highest BCUT2D eigenvalue weighted by Crippen LogP contribution is 2.28. The Kier molecular flexibility index (Phi) is 9.76. The summed E-state index contributed by atoms with van der Waals surface area (Å²) < 4.78 is 5.24. The molecule has 0 heterocycles. The van der Waals surface area contributed by atoms with Gasteiger partial charge < -0.3 is 25.4 Å². The van der Waals surface area contributed by atoms with Gasteiger partial charge in [-0.15, -0.1) is 0 Å². The molecule has 0 saturated heterocycles. The zero-order chi connectivity index (χ0) is 27.0. The number of alkyl carbamates (subject to hydrolysis) is 1. The summed E-state index contributed by atoms with van der Waals surface area (Å²) in [5.74, 6) is -1.51. The number of hydrogen-bond donors (Lipinski definition) is 4. The van der Waals surface area contributed by atoms with Gasteiger partial charge in [-0.2, -0.15) is 17.9 Å². The minimum atomic E-state index is -1.29. The van der Waals surface area contributed by atoms with E-state index in [9.17, 15) is 24.8 Å². The molecule has 0 aliphatic heterocycles. The summed E-state index contributed by atoms with van der Waals surface area (Å²) >= 11 is 4.19. The van der Waals surface area contributed by atoms with Crippen molar-refractivity contribution >= 4 is 36.2 Å². The second-order valence-electron chi connectivity index (χ2n) is 9.26. The van der Waals surface area contributed by atoms with E-state index in [0.29, 0.717) is 5.69 Å². The Balaban J connectivity index is 2.49. The van der Waals surface area contributed by atoms with Crippen molar-refractivity contribution in [1.82, 2.24) is 10.2 Å². The van der Waals surface area contributed by atoms with Crippen LogP contribution in [0.15, 0.2) is 42.5 Å². The monoisotopic (exact) mass is 512 g/mol. The van der Waals surface area contributed by atoms with E-state index < -0.39 is 42.1 Å². The van der Waals surface area contributed by atoms with E-state index in [2.05, 4.69) is 23.3 Å². The molecule has 0 aliphatic carbocycles. The summed E-state index contributed by atoms with van der Waals surface area (Å²) in [5, 5.41) is 24.9. The fourth-order valence-electron chi connectivity index (χ4n) is 3.58. The number of carbonyl (C=O) groups is 3. The summed E-state index contributed by atoms with van der Waals surface area (Å²) in [7, 11) is 0. The van der Waals surface area contributed by atoms with Crippen molar-refractivity contribution in [3.8, 4) is 11.8 Å². The first-order chi connectivity index (χ1) is 16.9. The number of amides is 3. The molecule has 0 aliphatic rings. The van der Waals surface area contributed by atoms with Crippen LogP contribution in [0, 0.1) is 25.2 Å². The van der Waals surface area contributed by atoms with Gasteiger partial charge in [0, 0.05) is 11.4 Å². The molecular formula is C26H32N4O5S. The first-order valence-corrected chi connectivity index (χ1v) is 11.9. The second kappa shape index (κ2) is 12.3. The van der Waals surface area contributed by atoms with Gasteiger partial charge in [-0.05, 0) is 63.4 Å². The molecule has 10 heteroatoms. The number of phenols is 1. The van der Waals surface area contributed by atoms with Crippen molar-refractivity contribution in [2.75, 3.05) is 17.6 Å². The third kappa shape index (κ3) is 7.65. The lowest BCUT2D eigenvalue weighted by Gasteiger charge is -2.32. The molecule has 2 atom stereocenters. The molecule has 3 N–H and O–H groups in total. The lowest BCUT2D eigenvalue weighted by molar-refractivity contribution is -0.139. The van der Waals surface area contributed by atoms with Crippen molar-refractivity contribution < 1.29 is 24.2 Å². The molecule has 0 fully saturated rings. The van der Waals surface area contributed by atoms with Gasteiger partial charge in [0.1, 0.15) is 30.0 Å². The van der Waals surface area contributed by atoms with Gasteiger partial charge in [0.25, 0.3) is 5.91 Å². The molecule has 3 amide bonds. The smallest absolute Gasteiger partial charge is 0.408 e. The first kappa shape index (κ1) is 28.5. The number of para-hydroxylation sites is 1.